The van der Waals surface area contributed by atoms with Crippen LogP contribution in [0.25, 0.3) is 0 Å². The molecule has 128 valence electrons. The highest BCUT2D eigenvalue weighted by molar-refractivity contribution is 7.89. The van der Waals surface area contributed by atoms with Crippen LogP contribution in [0.1, 0.15) is 23.2 Å². The van der Waals surface area contributed by atoms with Crippen LogP contribution in [0.5, 0.6) is 5.75 Å². The first-order valence-corrected chi connectivity index (χ1v) is 8.01. The largest absolute Gasteiger partial charge is 0.492 e. The van der Waals surface area contributed by atoms with E-state index < -0.39 is 39.8 Å². The molecule has 0 unspecified atom stereocenters. The van der Waals surface area contributed by atoms with E-state index in [0.717, 1.165) is 25.2 Å². The van der Waals surface area contributed by atoms with E-state index in [4.69, 9.17) is 9.84 Å². The van der Waals surface area contributed by atoms with Crippen molar-refractivity contribution in [3.05, 3.63) is 23.8 Å². The molecule has 1 saturated carbocycles. The Morgan fingerprint density at radius 3 is 2.43 bits per heavy atom. The minimum Gasteiger partial charge on any atom is -0.492 e. The van der Waals surface area contributed by atoms with Gasteiger partial charge >= 0.3 is 12.1 Å². The predicted octanol–water partition coefficient (Wildman–Crippen LogP) is 2.01. The number of halogens is 3. The van der Waals surface area contributed by atoms with E-state index in [0.29, 0.717) is 0 Å². The number of hydrogen-bond acceptors (Lipinski definition) is 4. The van der Waals surface area contributed by atoms with Gasteiger partial charge in [-0.05, 0) is 38.1 Å². The summed E-state index contributed by atoms with van der Waals surface area (Å²) >= 11 is 0. The molecule has 1 aromatic carbocycles. The lowest BCUT2D eigenvalue weighted by molar-refractivity contribution is -0.194. The number of benzene rings is 1. The minimum absolute atomic E-state index is 0.0783. The van der Waals surface area contributed by atoms with Crippen molar-refractivity contribution in [1.82, 2.24) is 4.72 Å². The summed E-state index contributed by atoms with van der Waals surface area (Å²) in [5.41, 5.74) is -2.46. The van der Waals surface area contributed by atoms with E-state index in [-0.39, 0.29) is 23.5 Å². The van der Waals surface area contributed by atoms with Crippen molar-refractivity contribution in [1.29, 1.82) is 0 Å². The van der Waals surface area contributed by atoms with Crippen LogP contribution in [0.3, 0.4) is 0 Å². The second-order valence-electron chi connectivity index (χ2n) is 5.24. The summed E-state index contributed by atoms with van der Waals surface area (Å²) in [5, 5.41) is 9.12. The maximum absolute atomic E-state index is 12.8. The Morgan fingerprint density at radius 2 is 2.00 bits per heavy atom. The van der Waals surface area contributed by atoms with Gasteiger partial charge in [0.2, 0.25) is 10.0 Å². The normalized spacial score (nSPS) is 16.9. The molecule has 0 saturated heterocycles. The van der Waals surface area contributed by atoms with Gasteiger partial charge in [0.05, 0.1) is 4.90 Å². The molecule has 6 nitrogen and oxygen atoms in total. The topological polar surface area (TPSA) is 92.7 Å². The number of hydrogen-bond donors (Lipinski definition) is 2. The molecule has 2 rings (SSSR count). The fraction of sp³-hybridized carbons (Fsp3) is 0.462. The predicted molar refractivity (Wildman–Crippen MR) is 72.9 cm³/mol. The molecule has 1 aliphatic carbocycles. The molecule has 0 aromatic heterocycles. The van der Waals surface area contributed by atoms with Crippen LogP contribution in [0, 0.1) is 5.41 Å². The monoisotopic (exact) mass is 353 g/mol. The van der Waals surface area contributed by atoms with Crippen molar-refractivity contribution in [2.45, 2.75) is 23.9 Å². The van der Waals surface area contributed by atoms with Crippen molar-refractivity contribution in [2.24, 2.45) is 5.41 Å². The van der Waals surface area contributed by atoms with Crippen molar-refractivity contribution in [3.63, 3.8) is 0 Å². The zero-order chi connectivity index (χ0) is 17.5. The van der Waals surface area contributed by atoms with Gasteiger partial charge in [-0.3, -0.25) is 0 Å². The number of alkyl halides is 3. The van der Waals surface area contributed by atoms with E-state index in [1.807, 2.05) is 4.72 Å². The molecule has 0 spiro atoms. The molecular weight excluding hydrogens is 339 g/mol. The Hall–Kier alpha value is -1.81. The van der Waals surface area contributed by atoms with Crippen LogP contribution in [0.15, 0.2) is 23.1 Å². The number of nitrogens with one attached hydrogen (secondary N) is 1. The second-order valence-corrected chi connectivity index (χ2v) is 7.12. The molecule has 1 fully saturated rings. The average Bonchev–Trinajstić information content (AvgIpc) is 3.25. The number of aromatic carboxylic acids is 1. The quantitative estimate of drug-likeness (QED) is 0.816. The summed E-state index contributed by atoms with van der Waals surface area (Å²) in [6.45, 7) is -0.699. The molecule has 0 amide bonds. The number of carboxylic acid groups (broad SMARTS) is 1. The summed E-state index contributed by atoms with van der Waals surface area (Å²) in [4.78, 5) is 10.9. The van der Waals surface area contributed by atoms with E-state index in [9.17, 15) is 26.4 Å². The highest BCUT2D eigenvalue weighted by Gasteiger charge is 2.63. The number of rotatable bonds is 6. The molecule has 0 bridgehead atoms. The van der Waals surface area contributed by atoms with Crippen LogP contribution in [-0.4, -0.2) is 39.3 Å². The molecule has 1 aromatic rings. The number of ether oxygens (including phenoxy) is 1. The van der Waals surface area contributed by atoms with Crippen molar-refractivity contribution >= 4 is 16.0 Å². The Bertz CT molecular complexity index is 726. The molecule has 10 heteroatoms. The standard InChI is InChI=1S/C13H14F3NO5S/c1-17-23(20,21)8-2-3-10(9(6-8)11(18)19)22-7-12(4-5-12)13(14,15)16/h2-3,6,17H,4-5,7H2,1H3,(H,18,19). The lowest BCUT2D eigenvalue weighted by atomic mass is 10.1. The number of sulfonamides is 1. The van der Waals surface area contributed by atoms with Crippen LogP contribution in [0.2, 0.25) is 0 Å². The highest BCUT2D eigenvalue weighted by Crippen LogP contribution is 2.57. The van der Waals surface area contributed by atoms with Crippen LogP contribution in [0.4, 0.5) is 13.2 Å². The summed E-state index contributed by atoms with van der Waals surface area (Å²) < 4.78 is 68.9. The van der Waals surface area contributed by atoms with Crippen molar-refractivity contribution in [2.75, 3.05) is 13.7 Å². The minimum atomic E-state index is -4.42. The Kier molecular flexibility index (Phi) is 4.33. The number of carbonyl (C=O) groups is 1. The summed E-state index contributed by atoms with van der Waals surface area (Å²) in [5.74, 6) is -1.80. The van der Waals surface area contributed by atoms with E-state index >= 15 is 0 Å². The fourth-order valence-corrected chi connectivity index (χ4v) is 2.72. The highest BCUT2D eigenvalue weighted by atomic mass is 32.2. The van der Waals surface area contributed by atoms with Gasteiger partial charge in [-0.25, -0.2) is 17.9 Å². The van der Waals surface area contributed by atoms with Gasteiger partial charge in [0, 0.05) is 0 Å². The van der Waals surface area contributed by atoms with Gasteiger partial charge in [0.15, 0.2) is 0 Å². The first-order chi connectivity index (χ1) is 10.5. The Balaban J connectivity index is 2.28. The maximum atomic E-state index is 12.8. The lowest BCUT2D eigenvalue weighted by Crippen LogP contribution is -2.30. The Labute approximate surface area is 130 Å². The lowest BCUT2D eigenvalue weighted by Gasteiger charge is -2.20. The van der Waals surface area contributed by atoms with Crippen molar-refractivity contribution < 1.29 is 36.2 Å². The summed E-state index contributed by atoms with van der Waals surface area (Å²) in [7, 11) is -2.72. The summed E-state index contributed by atoms with van der Waals surface area (Å²) in [6, 6.07) is 2.96. The van der Waals surface area contributed by atoms with Crippen LogP contribution < -0.4 is 9.46 Å². The SMILES string of the molecule is CNS(=O)(=O)c1ccc(OCC2(C(F)(F)F)CC2)c(C(=O)O)c1. The molecule has 0 radical (unpaired) electrons. The van der Waals surface area contributed by atoms with E-state index in [2.05, 4.69) is 0 Å². The zero-order valence-corrected chi connectivity index (χ0v) is 12.8. The summed E-state index contributed by atoms with van der Waals surface area (Å²) in [6.07, 6.45) is -4.58. The smallest absolute Gasteiger partial charge is 0.397 e. The fourth-order valence-electron chi connectivity index (χ4n) is 1.96. The zero-order valence-electron chi connectivity index (χ0n) is 12.0. The van der Waals surface area contributed by atoms with E-state index in [1.54, 1.807) is 0 Å². The van der Waals surface area contributed by atoms with Gasteiger partial charge in [0.1, 0.15) is 23.3 Å². The molecule has 0 aliphatic heterocycles. The average molecular weight is 353 g/mol. The first kappa shape index (κ1) is 17.5. The molecule has 23 heavy (non-hydrogen) atoms. The third-order valence-electron chi connectivity index (χ3n) is 3.72. The molecular formula is C13H14F3NO5S. The molecule has 1 aliphatic rings. The maximum Gasteiger partial charge on any atom is 0.397 e. The van der Waals surface area contributed by atoms with Gasteiger partial charge in [0.25, 0.3) is 0 Å². The molecule has 0 atom stereocenters. The first-order valence-electron chi connectivity index (χ1n) is 6.53. The van der Waals surface area contributed by atoms with E-state index in [1.165, 1.54) is 0 Å². The van der Waals surface area contributed by atoms with Gasteiger partial charge in [-0.2, -0.15) is 13.2 Å². The second kappa shape index (κ2) is 5.68. The Morgan fingerprint density at radius 1 is 1.39 bits per heavy atom. The van der Waals surface area contributed by atoms with Crippen LogP contribution >= 0.6 is 0 Å². The third kappa shape index (κ3) is 3.42. The van der Waals surface area contributed by atoms with Gasteiger partial charge in [-0.15, -0.1) is 0 Å². The third-order valence-corrected chi connectivity index (χ3v) is 5.13. The number of carboxylic acids is 1. The van der Waals surface area contributed by atoms with Gasteiger partial charge < -0.3 is 9.84 Å². The van der Waals surface area contributed by atoms with Crippen LogP contribution in [-0.2, 0) is 10.0 Å². The molecule has 0 heterocycles. The van der Waals surface area contributed by atoms with Gasteiger partial charge in [-0.1, -0.05) is 0 Å². The van der Waals surface area contributed by atoms with Crippen molar-refractivity contribution in [3.8, 4) is 5.75 Å². The molecule has 2 N–H and O–H groups in total.